The molecule has 2 aliphatic rings. The summed E-state index contributed by atoms with van der Waals surface area (Å²) in [7, 11) is 1.71. The molecule has 2 heterocycles. The highest BCUT2D eigenvalue weighted by atomic mass is 32.1. The highest BCUT2D eigenvalue weighted by Crippen LogP contribution is 2.30. The van der Waals surface area contributed by atoms with Crippen molar-refractivity contribution in [2.45, 2.75) is 58.0 Å². The van der Waals surface area contributed by atoms with E-state index in [4.69, 9.17) is 9.73 Å². The summed E-state index contributed by atoms with van der Waals surface area (Å²) in [4.78, 5) is 24.3. The number of carbonyl (C=O) groups is 1. The van der Waals surface area contributed by atoms with Gasteiger partial charge >= 0.3 is 0 Å². The maximum atomic E-state index is 13.3. The fourth-order valence-electron chi connectivity index (χ4n) is 4.37. The number of hydrogen-bond donors (Lipinski definition) is 1. The monoisotopic (exact) mass is 426 g/mol. The predicted octanol–water partition coefficient (Wildman–Crippen LogP) is 4.43. The van der Waals surface area contributed by atoms with Crippen LogP contribution in [0.25, 0.3) is 16.3 Å². The minimum Gasteiger partial charge on any atom is -0.383 e. The number of ether oxygens (including phenoxy) is 1. The van der Waals surface area contributed by atoms with Crippen LogP contribution in [0.1, 0.15) is 51.5 Å². The first kappa shape index (κ1) is 21.0. The van der Waals surface area contributed by atoms with E-state index >= 15 is 0 Å². The number of rotatable bonds is 7. The first-order valence-electron chi connectivity index (χ1n) is 10.8. The van der Waals surface area contributed by atoms with Gasteiger partial charge in [0.2, 0.25) is 5.96 Å². The van der Waals surface area contributed by atoms with Crippen LogP contribution in [0.2, 0.25) is 0 Å². The number of amides is 1. The van der Waals surface area contributed by atoms with E-state index in [0.717, 1.165) is 47.9 Å². The first-order chi connectivity index (χ1) is 14.5. The second-order valence-corrected chi connectivity index (χ2v) is 9.47. The van der Waals surface area contributed by atoms with Crippen LogP contribution >= 0.6 is 11.3 Å². The molecule has 1 amide bonds. The molecular formula is C23H30N4O2S. The summed E-state index contributed by atoms with van der Waals surface area (Å²) in [5, 5.41) is 3.53. The van der Waals surface area contributed by atoms with E-state index < -0.39 is 0 Å². The second kappa shape index (κ2) is 9.27. The second-order valence-electron chi connectivity index (χ2n) is 8.58. The third kappa shape index (κ3) is 4.57. The lowest BCUT2D eigenvalue weighted by atomic mass is 10.0. The van der Waals surface area contributed by atoms with E-state index in [2.05, 4.69) is 30.2 Å². The zero-order chi connectivity index (χ0) is 21.1. The van der Waals surface area contributed by atoms with Crippen LogP contribution < -0.4 is 5.32 Å². The van der Waals surface area contributed by atoms with Crippen molar-refractivity contribution in [2.24, 2.45) is 10.9 Å². The molecular weight excluding hydrogens is 396 g/mol. The van der Waals surface area contributed by atoms with E-state index in [0.29, 0.717) is 24.2 Å². The maximum absolute atomic E-state index is 13.3. The van der Waals surface area contributed by atoms with Crippen LogP contribution in [0, 0.1) is 5.92 Å². The Balaban J connectivity index is 1.63. The Labute approximate surface area is 182 Å². The lowest BCUT2D eigenvalue weighted by Gasteiger charge is -2.29. The molecule has 7 heteroatoms. The van der Waals surface area contributed by atoms with E-state index in [1.54, 1.807) is 18.4 Å². The number of guanidine groups is 1. The summed E-state index contributed by atoms with van der Waals surface area (Å²) >= 11 is 1.60. The Bertz CT molecular complexity index is 959. The Morgan fingerprint density at radius 3 is 2.87 bits per heavy atom. The summed E-state index contributed by atoms with van der Waals surface area (Å²) in [5.41, 5.74) is 4.29. The number of benzene rings is 1. The van der Waals surface area contributed by atoms with Crippen molar-refractivity contribution in [1.29, 1.82) is 0 Å². The molecule has 0 radical (unpaired) electrons. The van der Waals surface area contributed by atoms with Crippen molar-refractivity contribution in [1.82, 2.24) is 15.2 Å². The summed E-state index contributed by atoms with van der Waals surface area (Å²) < 4.78 is 6.53. The quantitative estimate of drug-likeness (QED) is 0.665. The Morgan fingerprint density at radius 2 is 2.13 bits per heavy atom. The van der Waals surface area contributed by atoms with Crippen molar-refractivity contribution < 1.29 is 9.53 Å². The Morgan fingerprint density at radius 1 is 1.33 bits per heavy atom. The highest BCUT2D eigenvalue weighted by Gasteiger charge is 2.37. The van der Waals surface area contributed by atoms with Crippen LogP contribution in [0.5, 0.6) is 0 Å². The molecule has 30 heavy (non-hydrogen) atoms. The molecule has 1 fully saturated rings. The Hall–Kier alpha value is -2.25. The molecule has 0 bridgehead atoms. The topological polar surface area (TPSA) is 66.8 Å². The summed E-state index contributed by atoms with van der Waals surface area (Å²) in [6.07, 6.45) is 7.25. The largest absolute Gasteiger partial charge is 0.383 e. The smallest absolute Gasteiger partial charge is 0.279 e. The predicted molar refractivity (Wildman–Crippen MR) is 122 cm³/mol. The number of hydrogen-bond acceptors (Lipinski definition) is 6. The molecule has 6 nitrogen and oxygen atoms in total. The average molecular weight is 427 g/mol. The van der Waals surface area contributed by atoms with Gasteiger partial charge in [-0.2, -0.15) is 0 Å². The van der Waals surface area contributed by atoms with Crippen LogP contribution in [0.4, 0.5) is 0 Å². The molecule has 0 spiro atoms. The highest BCUT2D eigenvalue weighted by molar-refractivity contribution is 7.16. The molecule has 1 unspecified atom stereocenters. The van der Waals surface area contributed by atoms with Crippen molar-refractivity contribution >= 4 is 39.5 Å². The van der Waals surface area contributed by atoms with Gasteiger partial charge in [-0.25, -0.2) is 9.98 Å². The third-order valence-electron chi connectivity index (χ3n) is 5.70. The molecule has 1 aliphatic heterocycles. The fraction of sp³-hybridized carbons (Fsp3) is 0.522. The molecule has 160 valence electrons. The van der Waals surface area contributed by atoms with E-state index in [1.807, 2.05) is 28.6 Å². The zero-order valence-corrected chi connectivity index (χ0v) is 18.7. The van der Waals surface area contributed by atoms with E-state index in [-0.39, 0.29) is 18.0 Å². The van der Waals surface area contributed by atoms with Crippen molar-refractivity contribution in [3.8, 4) is 0 Å². The minimum absolute atomic E-state index is 0.00508. The maximum Gasteiger partial charge on any atom is 0.279 e. The molecule has 1 saturated carbocycles. The van der Waals surface area contributed by atoms with Gasteiger partial charge in [0.15, 0.2) is 0 Å². The van der Waals surface area contributed by atoms with Crippen molar-refractivity contribution in [3.63, 3.8) is 0 Å². The van der Waals surface area contributed by atoms with Gasteiger partial charge in [-0.05, 0) is 49.0 Å². The van der Waals surface area contributed by atoms with Crippen LogP contribution in [-0.2, 0) is 9.53 Å². The average Bonchev–Trinajstić information content (AvgIpc) is 3.43. The van der Waals surface area contributed by atoms with E-state index in [9.17, 15) is 4.79 Å². The van der Waals surface area contributed by atoms with Gasteiger partial charge in [0, 0.05) is 13.2 Å². The normalized spacial score (nSPS) is 20.0. The summed E-state index contributed by atoms with van der Waals surface area (Å²) in [6, 6.07) is 6.40. The molecule has 0 saturated heterocycles. The van der Waals surface area contributed by atoms with Gasteiger partial charge in [-0.3, -0.25) is 9.69 Å². The Kier molecular flexibility index (Phi) is 6.49. The molecule has 1 aromatic carbocycles. The minimum atomic E-state index is -0.00508. The zero-order valence-electron chi connectivity index (χ0n) is 17.9. The number of aromatic nitrogens is 1. The number of nitrogens with one attached hydrogen (secondary N) is 1. The number of nitrogens with zero attached hydrogens (tertiary/aromatic N) is 3. The van der Waals surface area contributed by atoms with Gasteiger partial charge < -0.3 is 10.1 Å². The van der Waals surface area contributed by atoms with Crippen molar-refractivity contribution in [2.75, 3.05) is 13.7 Å². The number of carbonyl (C=O) groups excluding carboxylic acids is 1. The summed E-state index contributed by atoms with van der Waals surface area (Å²) in [6.45, 7) is 4.98. The standard InChI is InChI=1S/C23H30N4O2S/c1-15(2)10-17(13-29-3)25-23-26-20(22(28)27(23)18-6-4-5-7-18)11-16-8-9-19-21(12-16)30-14-24-19/h8-9,11-12,14-15,17-18H,4-7,10,13H2,1-3H3,(H,25,26)/b20-11-. The molecule has 2 aromatic rings. The number of thiazole rings is 1. The van der Waals surface area contributed by atoms with Gasteiger partial charge in [-0.1, -0.05) is 32.8 Å². The molecule has 1 aromatic heterocycles. The van der Waals surface area contributed by atoms with Gasteiger partial charge in [-0.15, -0.1) is 11.3 Å². The van der Waals surface area contributed by atoms with Gasteiger partial charge in [0.25, 0.3) is 5.91 Å². The first-order valence-corrected chi connectivity index (χ1v) is 11.7. The number of methoxy groups -OCH3 is 1. The number of aliphatic imine (C=N–C) groups is 1. The fourth-order valence-corrected chi connectivity index (χ4v) is 5.10. The van der Waals surface area contributed by atoms with Crippen LogP contribution in [0.3, 0.4) is 0 Å². The SMILES string of the molecule is COCC(CC(C)C)NC1=N/C(=C\c2ccc3ncsc3c2)C(=O)N1C1CCCC1. The number of fused-ring (bicyclic) bond motifs is 1. The summed E-state index contributed by atoms with van der Waals surface area (Å²) in [5.74, 6) is 1.20. The molecule has 1 aliphatic carbocycles. The third-order valence-corrected chi connectivity index (χ3v) is 6.49. The molecule has 1 atom stereocenters. The lowest BCUT2D eigenvalue weighted by Crippen LogP contribution is -2.50. The van der Waals surface area contributed by atoms with Crippen molar-refractivity contribution in [3.05, 3.63) is 35.0 Å². The molecule has 1 N–H and O–H groups in total. The van der Waals surface area contributed by atoms with Gasteiger partial charge in [0.1, 0.15) is 5.70 Å². The van der Waals surface area contributed by atoms with E-state index in [1.165, 1.54) is 0 Å². The van der Waals surface area contributed by atoms with Gasteiger partial charge in [0.05, 0.1) is 28.4 Å². The van der Waals surface area contributed by atoms with Crippen LogP contribution in [0.15, 0.2) is 34.4 Å². The molecule has 4 rings (SSSR count). The van der Waals surface area contributed by atoms with Crippen LogP contribution in [-0.4, -0.2) is 47.6 Å². The lowest BCUT2D eigenvalue weighted by molar-refractivity contribution is -0.124.